The Morgan fingerprint density at radius 1 is 0.906 bits per heavy atom. The van der Waals surface area contributed by atoms with Gasteiger partial charge in [-0.05, 0) is 46.9 Å². The smallest absolute Gasteiger partial charge is 0.253 e. The van der Waals surface area contributed by atoms with Gasteiger partial charge < -0.3 is 15.6 Å². The van der Waals surface area contributed by atoms with E-state index in [0.29, 0.717) is 30.1 Å². The number of aromatic nitrogens is 2. The summed E-state index contributed by atoms with van der Waals surface area (Å²) in [6.45, 7) is 2.41. The Bertz CT molecular complexity index is 1260. The first-order chi connectivity index (χ1) is 15.5. The molecule has 4 rings (SSSR count). The summed E-state index contributed by atoms with van der Waals surface area (Å²) >= 11 is 6.18. The molecule has 0 saturated heterocycles. The van der Waals surface area contributed by atoms with E-state index in [1.54, 1.807) is 18.6 Å². The minimum Gasteiger partial charge on any atom is -0.360 e. The molecule has 6 nitrogen and oxygen atoms in total. The molecule has 0 spiro atoms. The number of benzene rings is 2. The van der Waals surface area contributed by atoms with E-state index in [9.17, 15) is 9.59 Å². The molecule has 0 aliphatic rings. The van der Waals surface area contributed by atoms with Crippen LogP contribution in [0.4, 0.5) is 0 Å². The number of pyridine rings is 1. The number of hydrogen-bond acceptors (Lipinski definition) is 3. The standard InChI is InChI=1S/C25H23ClN4O2/c1-16(31)28-12-18-4-2-17(3-5-18)8-20-9-21(14-27-11-20)25(32)30-13-19-6-7-24-22(10-19)23(26)15-29-24/h2-7,9-11,14-15,29H,8,12-13H2,1H3,(H,28,31)(H,30,32). The van der Waals surface area contributed by atoms with Crippen LogP contribution >= 0.6 is 11.6 Å². The lowest BCUT2D eigenvalue weighted by Gasteiger charge is -2.08. The average molecular weight is 447 g/mol. The Kier molecular flexibility index (Phi) is 6.52. The largest absolute Gasteiger partial charge is 0.360 e. The minimum atomic E-state index is -0.176. The summed E-state index contributed by atoms with van der Waals surface area (Å²) in [5, 5.41) is 7.33. The molecule has 32 heavy (non-hydrogen) atoms. The third kappa shape index (κ3) is 5.34. The predicted molar refractivity (Wildman–Crippen MR) is 125 cm³/mol. The molecule has 7 heteroatoms. The maximum absolute atomic E-state index is 12.7. The number of amides is 2. The van der Waals surface area contributed by atoms with Gasteiger partial charge in [-0.2, -0.15) is 0 Å². The molecule has 162 valence electrons. The molecule has 0 unspecified atom stereocenters. The summed E-state index contributed by atoms with van der Waals surface area (Å²) in [5.41, 5.74) is 5.54. The van der Waals surface area contributed by atoms with E-state index in [1.165, 1.54) is 6.92 Å². The van der Waals surface area contributed by atoms with Crippen LogP contribution in [0.3, 0.4) is 0 Å². The van der Waals surface area contributed by atoms with E-state index in [0.717, 1.165) is 33.2 Å². The molecule has 0 atom stereocenters. The molecule has 0 aliphatic carbocycles. The van der Waals surface area contributed by atoms with Crippen molar-refractivity contribution in [2.75, 3.05) is 0 Å². The lowest BCUT2D eigenvalue weighted by Crippen LogP contribution is -2.23. The zero-order valence-electron chi connectivity index (χ0n) is 17.6. The van der Waals surface area contributed by atoms with Crippen molar-refractivity contribution in [3.05, 3.63) is 100.0 Å². The zero-order valence-corrected chi connectivity index (χ0v) is 18.4. The van der Waals surface area contributed by atoms with Crippen LogP contribution in [0.25, 0.3) is 10.9 Å². The van der Waals surface area contributed by atoms with Crippen LogP contribution in [-0.2, 0) is 24.3 Å². The Morgan fingerprint density at radius 3 is 2.41 bits per heavy atom. The van der Waals surface area contributed by atoms with Gasteiger partial charge in [0.1, 0.15) is 0 Å². The number of halogens is 1. The molecule has 0 bridgehead atoms. The van der Waals surface area contributed by atoms with Gasteiger partial charge in [0.05, 0.1) is 10.6 Å². The number of nitrogens with zero attached hydrogens (tertiary/aromatic N) is 1. The highest BCUT2D eigenvalue weighted by Gasteiger charge is 2.09. The van der Waals surface area contributed by atoms with Gasteiger partial charge in [0.2, 0.25) is 5.91 Å². The summed E-state index contributed by atoms with van der Waals surface area (Å²) in [6.07, 6.45) is 5.75. The van der Waals surface area contributed by atoms with Gasteiger partial charge in [-0.3, -0.25) is 14.6 Å². The second kappa shape index (κ2) is 9.66. The Morgan fingerprint density at radius 2 is 1.62 bits per heavy atom. The highest BCUT2D eigenvalue weighted by atomic mass is 35.5. The van der Waals surface area contributed by atoms with Crippen molar-refractivity contribution in [3.8, 4) is 0 Å². The molecule has 0 fully saturated rings. The highest BCUT2D eigenvalue weighted by molar-refractivity contribution is 6.35. The summed E-state index contributed by atoms with van der Waals surface area (Å²) in [7, 11) is 0. The Labute approximate surface area is 191 Å². The van der Waals surface area contributed by atoms with Crippen molar-refractivity contribution in [1.82, 2.24) is 20.6 Å². The van der Waals surface area contributed by atoms with E-state index in [1.807, 2.05) is 48.5 Å². The van der Waals surface area contributed by atoms with Crippen molar-refractivity contribution in [2.24, 2.45) is 0 Å². The summed E-state index contributed by atoms with van der Waals surface area (Å²) in [5.74, 6) is -0.227. The van der Waals surface area contributed by atoms with E-state index in [4.69, 9.17) is 11.6 Å². The normalized spacial score (nSPS) is 10.8. The summed E-state index contributed by atoms with van der Waals surface area (Å²) in [4.78, 5) is 31.0. The number of aromatic amines is 1. The van der Waals surface area contributed by atoms with Crippen molar-refractivity contribution in [3.63, 3.8) is 0 Å². The maximum Gasteiger partial charge on any atom is 0.253 e. The monoisotopic (exact) mass is 446 g/mol. The minimum absolute atomic E-state index is 0.0518. The van der Waals surface area contributed by atoms with E-state index >= 15 is 0 Å². The average Bonchev–Trinajstić information content (AvgIpc) is 3.17. The van der Waals surface area contributed by atoms with Crippen molar-refractivity contribution < 1.29 is 9.59 Å². The third-order valence-corrected chi connectivity index (χ3v) is 5.49. The second-order valence-corrected chi connectivity index (χ2v) is 8.09. The second-order valence-electron chi connectivity index (χ2n) is 7.68. The van der Waals surface area contributed by atoms with Gasteiger partial charge in [-0.1, -0.05) is 41.9 Å². The highest BCUT2D eigenvalue weighted by Crippen LogP contribution is 2.23. The molecule has 0 saturated carbocycles. The number of nitrogens with one attached hydrogen (secondary N) is 3. The zero-order chi connectivity index (χ0) is 22.5. The van der Waals surface area contributed by atoms with Gasteiger partial charge in [-0.25, -0.2) is 0 Å². The van der Waals surface area contributed by atoms with Crippen molar-refractivity contribution in [2.45, 2.75) is 26.4 Å². The number of carbonyl (C=O) groups excluding carboxylic acids is 2. The Balaban J connectivity index is 1.37. The van der Waals surface area contributed by atoms with Crippen LogP contribution in [0.15, 0.2) is 67.1 Å². The van der Waals surface area contributed by atoms with Crippen LogP contribution in [0.2, 0.25) is 5.02 Å². The first-order valence-corrected chi connectivity index (χ1v) is 10.7. The van der Waals surface area contributed by atoms with Crippen LogP contribution in [0.1, 0.15) is 39.5 Å². The molecule has 2 amide bonds. The molecule has 0 aliphatic heterocycles. The van der Waals surface area contributed by atoms with E-state index < -0.39 is 0 Å². The molecule has 3 N–H and O–H groups in total. The first-order valence-electron chi connectivity index (χ1n) is 10.3. The molecular formula is C25H23ClN4O2. The molecular weight excluding hydrogens is 424 g/mol. The summed E-state index contributed by atoms with van der Waals surface area (Å²) < 4.78 is 0. The van der Waals surface area contributed by atoms with Gasteiger partial charge in [0.15, 0.2) is 0 Å². The van der Waals surface area contributed by atoms with Crippen LogP contribution in [0, 0.1) is 0 Å². The van der Waals surface area contributed by atoms with Gasteiger partial charge in [-0.15, -0.1) is 0 Å². The van der Waals surface area contributed by atoms with E-state index in [2.05, 4.69) is 20.6 Å². The van der Waals surface area contributed by atoms with Gasteiger partial charge >= 0.3 is 0 Å². The molecule has 2 aromatic heterocycles. The van der Waals surface area contributed by atoms with Crippen LogP contribution in [-0.4, -0.2) is 21.8 Å². The lowest BCUT2D eigenvalue weighted by molar-refractivity contribution is -0.119. The number of fused-ring (bicyclic) bond motifs is 1. The third-order valence-electron chi connectivity index (χ3n) is 5.18. The SMILES string of the molecule is CC(=O)NCc1ccc(Cc2cncc(C(=O)NCc3ccc4[nH]cc(Cl)c4c3)c2)cc1. The quantitative estimate of drug-likeness (QED) is 0.394. The topological polar surface area (TPSA) is 86.9 Å². The first kappa shape index (κ1) is 21.6. The number of hydrogen-bond donors (Lipinski definition) is 3. The van der Waals surface area contributed by atoms with Crippen LogP contribution in [0.5, 0.6) is 0 Å². The maximum atomic E-state index is 12.7. The van der Waals surface area contributed by atoms with Crippen molar-refractivity contribution in [1.29, 1.82) is 0 Å². The molecule has 4 aromatic rings. The van der Waals surface area contributed by atoms with Gasteiger partial charge in [0, 0.05) is 49.5 Å². The van der Waals surface area contributed by atoms with Gasteiger partial charge in [0.25, 0.3) is 5.91 Å². The number of carbonyl (C=O) groups is 2. The van der Waals surface area contributed by atoms with Crippen LogP contribution < -0.4 is 10.6 Å². The fourth-order valence-corrected chi connectivity index (χ4v) is 3.68. The summed E-state index contributed by atoms with van der Waals surface area (Å²) in [6, 6.07) is 15.8. The fraction of sp³-hybridized carbons (Fsp3) is 0.160. The lowest BCUT2D eigenvalue weighted by atomic mass is 10.0. The molecule has 2 aromatic carbocycles. The Hall–Kier alpha value is -3.64. The van der Waals surface area contributed by atoms with Crippen molar-refractivity contribution >= 4 is 34.3 Å². The predicted octanol–water partition coefficient (Wildman–Crippen LogP) is 4.37. The number of rotatable bonds is 7. The molecule has 2 heterocycles. The number of H-pyrrole nitrogens is 1. The fourth-order valence-electron chi connectivity index (χ4n) is 3.47. The van der Waals surface area contributed by atoms with E-state index in [-0.39, 0.29) is 11.8 Å². The molecule has 0 radical (unpaired) electrons.